The molecule has 0 aliphatic carbocycles. The van der Waals surface area contributed by atoms with Crippen molar-refractivity contribution in [3.8, 4) is 50.8 Å². The standard InChI is InChI=1S/C49H31N3/c50-32-33-11-8-14-35(27-33)37-16-10-18-41(29-37)52-47-22-7-5-20-43(47)45-31-39(24-26-49(45)52)38-23-25-48-44(30-38)42-19-4-6-21-46(42)51(48)40-17-9-15-36(28-40)34-12-2-1-3-13-34/h1-31H. The Bertz CT molecular complexity index is 3030. The summed E-state index contributed by atoms with van der Waals surface area (Å²) in [5.41, 5.74) is 14.5. The molecule has 10 rings (SSSR count). The van der Waals surface area contributed by atoms with E-state index >= 15 is 0 Å². The Hall–Kier alpha value is -7.15. The fourth-order valence-electron chi connectivity index (χ4n) is 7.91. The Balaban J connectivity index is 1.11. The Labute approximate surface area is 301 Å². The number of para-hydroxylation sites is 2. The van der Waals surface area contributed by atoms with Crippen LogP contribution in [0.2, 0.25) is 0 Å². The maximum Gasteiger partial charge on any atom is 0.0991 e. The van der Waals surface area contributed by atoms with Crippen molar-refractivity contribution in [2.24, 2.45) is 0 Å². The van der Waals surface area contributed by atoms with E-state index < -0.39 is 0 Å². The molecular weight excluding hydrogens is 631 g/mol. The van der Waals surface area contributed by atoms with E-state index in [4.69, 9.17) is 0 Å². The molecule has 0 amide bonds. The van der Waals surface area contributed by atoms with E-state index in [-0.39, 0.29) is 0 Å². The van der Waals surface area contributed by atoms with Gasteiger partial charge in [0.2, 0.25) is 0 Å². The van der Waals surface area contributed by atoms with Gasteiger partial charge in [0.1, 0.15) is 0 Å². The summed E-state index contributed by atoms with van der Waals surface area (Å²) in [6.07, 6.45) is 0. The van der Waals surface area contributed by atoms with Crippen molar-refractivity contribution in [1.29, 1.82) is 5.26 Å². The molecule has 0 spiro atoms. The first-order valence-electron chi connectivity index (χ1n) is 17.6. The van der Waals surface area contributed by atoms with Crippen LogP contribution in [0, 0.1) is 11.3 Å². The van der Waals surface area contributed by atoms with Crippen LogP contribution in [-0.2, 0) is 0 Å². The number of nitriles is 1. The van der Waals surface area contributed by atoms with Crippen molar-refractivity contribution in [3.63, 3.8) is 0 Å². The third-order valence-corrected chi connectivity index (χ3v) is 10.3. The molecule has 2 heterocycles. The summed E-state index contributed by atoms with van der Waals surface area (Å²) < 4.78 is 4.74. The minimum absolute atomic E-state index is 0.660. The van der Waals surface area contributed by atoms with Gasteiger partial charge in [0.05, 0.1) is 33.7 Å². The molecule has 0 aliphatic rings. The molecule has 0 N–H and O–H groups in total. The first kappa shape index (κ1) is 29.7. The van der Waals surface area contributed by atoms with E-state index in [1.54, 1.807) is 0 Å². The normalized spacial score (nSPS) is 11.4. The molecule has 2 aromatic heterocycles. The number of rotatable bonds is 5. The number of fused-ring (bicyclic) bond motifs is 6. The summed E-state index contributed by atoms with van der Waals surface area (Å²) in [6, 6.07) is 69.2. The lowest BCUT2D eigenvalue weighted by atomic mass is 10.0. The lowest BCUT2D eigenvalue weighted by Gasteiger charge is -2.11. The molecular formula is C49H31N3. The third kappa shape index (κ3) is 4.81. The van der Waals surface area contributed by atoms with E-state index in [1.165, 1.54) is 54.8 Å². The lowest BCUT2D eigenvalue weighted by molar-refractivity contribution is 1.18. The van der Waals surface area contributed by atoms with Crippen LogP contribution in [0.1, 0.15) is 5.56 Å². The molecule has 242 valence electrons. The van der Waals surface area contributed by atoms with Crippen LogP contribution in [0.4, 0.5) is 0 Å². The van der Waals surface area contributed by atoms with Gasteiger partial charge in [0.15, 0.2) is 0 Å². The Morgan fingerprint density at radius 3 is 1.29 bits per heavy atom. The zero-order valence-electron chi connectivity index (χ0n) is 28.2. The molecule has 0 aliphatic heterocycles. The van der Waals surface area contributed by atoms with Crippen LogP contribution in [0.3, 0.4) is 0 Å². The highest BCUT2D eigenvalue weighted by Gasteiger charge is 2.17. The Kier molecular flexibility index (Phi) is 6.87. The summed E-state index contributed by atoms with van der Waals surface area (Å²) in [6.45, 7) is 0. The predicted molar refractivity (Wildman–Crippen MR) is 216 cm³/mol. The van der Waals surface area contributed by atoms with Crippen molar-refractivity contribution in [3.05, 3.63) is 194 Å². The second-order valence-electron chi connectivity index (χ2n) is 13.3. The van der Waals surface area contributed by atoms with Gasteiger partial charge in [-0.2, -0.15) is 5.26 Å². The van der Waals surface area contributed by atoms with E-state index in [9.17, 15) is 5.26 Å². The lowest BCUT2D eigenvalue weighted by Crippen LogP contribution is -1.94. The number of benzene rings is 8. The van der Waals surface area contributed by atoms with Crippen LogP contribution >= 0.6 is 0 Å². The molecule has 3 nitrogen and oxygen atoms in total. The molecule has 3 heteroatoms. The molecule has 0 unspecified atom stereocenters. The largest absolute Gasteiger partial charge is 0.309 e. The maximum absolute atomic E-state index is 9.49. The summed E-state index contributed by atoms with van der Waals surface area (Å²) in [7, 11) is 0. The van der Waals surface area contributed by atoms with E-state index in [0.717, 1.165) is 33.5 Å². The molecule has 0 fully saturated rings. The van der Waals surface area contributed by atoms with Gasteiger partial charge in [0, 0.05) is 32.9 Å². The second kappa shape index (κ2) is 12.0. The first-order chi connectivity index (χ1) is 25.7. The smallest absolute Gasteiger partial charge is 0.0991 e. The van der Waals surface area contributed by atoms with Crippen LogP contribution < -0.4 is 0 Å². The van der Waals surface area contributed by atoms with Gasteiger partial charge in [-0.1, -0.05) is 115 Å². The van der Waals surface area contributed by atoms with Gasteiger partial charge in [0.25, 0.3) is 0 Å². The summed E-state index contributed by atoms with van der Waals surface area (Å²) in [5.74, 6) is 0. The van der Waals surface area contributed by atoms with Crippen LogP contribution in [-0.4, -0.2) is 9.13 Å². The first-order valence-corrected chi connectivity index (χ1v) is 17.6. The predicted octanol–water partition coefficient (Wildman–Crippen LogP) is 12.8. The van der Waals surface area contributed by atoms with Gasteiger partial charge in [-0.25, -0.2) is 0 Å². The summed E-state index contributed by atoms with van der Waals surface area (Å²) in [5, 5.41) is 14.4. The fraction of sp³-hybridized carbons (Fsp3) is 0. The maximum atomic E-state index is 9.49. The topological polar surface area (TPSA) is 33.6 Å². The molecule has 0 radical (unpaired) electrons. The number of hydrogen-bond donors (Lipinski definition) is 0. The average molecular weight is 662 g/mol. The SMILES string of the molecule is N#Cc1cccc(-c2cccc(-n3c4ccccc4c4cc(-c5ccc6c(c5)c5ccccc5n6-c5cccc(-c6ccccc6)c5)ccc43)c2)c1. The van der Waals surface area contributed by atoms with Gasteiger partial charge in [-0.05, 0) is 106 Å². The second-order valence-corrected chi connectivity index (χ2v) is 13.3. The minimum Gasteiger partial charge on any atom is -0.309 e. The minimum atomic E-state index is 0.660. The van der Waals surface area contributed by atoms with E-state index in [1.807, 2.05) is 18.2 Å². The van der Waals surface area contributed by atoms with Crippen LogP contribution in [0.5, 0.6) is 0 Å². The Morgan fingerprint density at radius 1 is 0.308 bits per heavy atom. The quantitative estimate of drug-likeness (QED) is 0.181. The van der Waals surface area contributed by atoms with Crippen molar-refractivity contribution in [2.45, 2.75) is 0 Å². The summed E-state index contributed by atoms with van der Waals surface area (Å²) in [4.78, 5) is 0. The number of aromatic nitrogens is 2. The zero-order valence-corrected chi connectivity index (χ0v) is 28.2. The third-order valence-electron chi connectivity index (χ3n) is 10.3. The Morgan fingerprint density at radius 2 is 0.731 bits per heavy atom. The average Bonchev–Trinajstić information content (AvgIpc) is 3.73. The van der Waals surface area contributed by atoms with Gasteiger partial charge >= 0.3 is 0 Å². The number of hydrogen-bond acceptors (Lipinski definition) is 1. The highest BCUT2D eigenvalue weighted by Crippen LogP contribution is 2.39. The molecule has 10 aromatic rings. The molecule has 0 saturated carbocycles. The van der Waals surface area contributed by atoms with Crippen molar-refractivity contribution in [2.75, 3.05) is 0 Å². The van der Waals surface area contributed by atoms with Gasteiger partial charge < -0.3 is 9.13 Å². The van der Waals surface area contributed by atoms with Crippen molar-refractivity contribution < 1.29 is 0 Å². The fourth-order valence-corrected chi connectivity index (χ4v) is 7.91. The highest BCUT2D eigenvalue weighted by molar-refractivity contribution is 6.12. The highest BCUT2D eigenvalue weighted by atomic mass is 15.0. The summed E-state index contributed by atoms with van der Waals surface area (Å²) >= 11 is 0. The number of nitrogens with zero attached hydrogens (tertiary/aromatic N) is 3. The van der Waals surface area contributed by atoms with E-state index in [0.29, 0.717) is 5.56 Å². The monoisotopic (exact) mass is 661 g/mol. The van der Waals surface area contributed by atoms with Crippen LogP contribution in [0.15, 0.2) is 188 Å². The molecule has 0 atom stereocenters. The van der Waals surface area contributed by atoms with Gasteiger partial charge in [-0.15, -0.1) is 0 Å². The van der Waals surface area contributed by atoms with Crippen LogP contribution in [0.25, 0.3) is 88.4 Å². The molecule has 52 heavy (non-hydrogen) atoms. The van der Waals surface area contributed by atoms with E-state index in [2.05, 4.69) is 185 Å². The molecule has 8 aromatic carbocycles. The van der Waals surface area contributed by atoms with Gasteiger partial charge in [-0.3, -0.25) is 0 Å². The van der Waals surface area contributed by atoms with Crippen molar-refractivity contribution in [1.82, 2.24) is 9.13 Å². The zero-order chi connectivity index (χ0) is 34.6. The molecule has 0 bridgehead atoms. The molecule has 0 saturated heterocycles. The van der Waals surface area contributed by atoms with Crippen molar-refractivity contribution >= 4 is 43.6 Å².